The normalized spacial score (nSPS) is 28.5. The van der Waals surface area contributed by atoms with Gasteiger partial charge >= 0.3 is 0 Å². The fourth-order valence-corrected chi connectivity index (χ4v) is 1.18. The van der Waals surface area contributed by atoms with Crippen molar-refractivity contribution in [3.05, 3.63) is 35.9 Å². The van der Waals surface area contributed by atoms with E-state index in [9.17, 15) is 0 Å². The van der Waals surface area contributed by atoms with Crippen LogP contribution in [0.4, 0.5) is 0 Å². The van der Waals surface area contributed by atoms with Crippen molar-refractivity contribution in [3.63, 3.8) is 0 Å². The highest BCUT2D eigenvalue weighted by atomic mass is 16.6. The second-order valence-electron chi connectivity index (χ2n) is 2.81. The van der Waals surface area contributed by atoms with Gasteiger partial charge in [-0.15, -0.1) is 0 Å². The number of aliphatic hydroxyl groups is 1. The van der Waals surface area contributed by atoms with Crippen molar-refractivity contribution in [2.75, 3.05) is 13.2 Å². The van der Waals surface area contributed by atoms with Gasteiger partial charge in [-0.25, -0.2) is 0 Å². The Labute approximate surface area is 65.4 Å². The van der Waals surface area contributed by atoms with E-state index in [-0.39, 0.29) is 12.2 Å². The summed E-state index contributed by atoms with van der Waals surface area (Å²) in [5.74, 6) is 0. The Morgan fingerprint density at radius 3 is 2.45 bits per heavy atom. The molecule has 1 fully saturated rings. The van der Waals surface area contributed by atoms with Gasteiger partial charge in [-0.2, -0.15) is 0 Å². The van der Waals surface area contributed by atoms with E-state index in [2.05, 4.69) is 0 Å². The van der Waals surface area contributed by atoms with E-state index >= 15 is 0 Å². The van der Waals surface area contributed by atoms with Crippen LogP contribution in [0.25, 0.3) is 0 Å². The van der Waals surface area contributed by atoms with Crippen LogP contribution in [0, 0.1) is 0 Å². The Morgan fingerprint density at radius 1 is 1.36 bits per heavy atom. The van der Waals surface area contributed by atoms with Crippen LogP contribution in [-0.2, 0) is 10.3 Å². The molecule has 1 aromatic carbocycles. The first-order valence-electron chi connectivity index (χ1n) is 3.68. The standard InChI is InChI=1S/C9H10O2/c10-6-9(7-11-9)8-4-2-1-3-5-8/h1-5,10H,6-7H2/t9-/m1/s1. The summed E-state index contributed by atoms with van der Waals surface area (Å²) in [7, 11) is 0. The van der Waals surface area contributed by atoms with Crippen molar-refractivity contribution in [1.29, 1.82) is 0 Å². The number of rotatable bonds is 2. The molecule has 1 N–H and O–H groups in total. The van der Waals surface area contributed by atoms with E-state index in [0.717, 1.165) is 5.56 Å². The van der Waals surface area contributed by atoms with Gasteiger partial charge in [0.05, 0.1) is 13.2 Å². The minimum atomic E-state index is -0.360. The molecule has 1 aromatic rings. The molecule has 2 rings (SSSR count). The molecule has 58 valence electrons. The average Bonchev–Trinajstić information content (AvgIpc) is 2.86. The smallest absolute Gasteiger partial charge is 0.139 e. The predicted molar refractivity (Wildman–Crippen MR) is 41.2 cm³/mol. The minimum Gasteiger partial charge on any atom is -0.393 e. The lowest BCUT2D eigenvalue weighted by Crippen LogP contribution is -2.13. The van der Waals surface area contributed by atoms with E-state index in [4.69, 9.17) is 9.84 Å². The summed E-state index contributed by atoms with van der Waals surface area (Å²) in [4.78, 5) is 0. The lowest BCUT2D eigenvalue weighted by molar-refractivity contribution is 0.173. The summed E-state index contributed by atoms with van der Waals surface area (Å²) in [6.07, 6.45) is 0. The van der Waals surface area contributed by atoms with Crippen molar-refractivity contribution in [1.82, 2.24) is 0 Å². The summed E-state index contributed by atoms with van der Waals surface area (Å²) >= 11 is 0. The molecule has 0 bridgehead atoms. The van der Waals surface area contributed by atoms with Crippen molar-refractivity contribution in [2.45, 2.75) is 5.60 Å². The van der Waals surface area contributed by atoms with E-state index in [1.54, 1.807) is 0 Å². The van der Waals surface area contributed by atoms with E-state index in [1.807, 2.05) is 30.3 Å². The molecule has 0 spiro atoms. The lowest BCUT2D eigenvalue weighted by atomic mass is 10.0. The molecule has 2 heteroatoms. The van der Waals surface area contributed by atoms with Gasteiger partial charge in [-0.1, -0.05) is 30.3 Å². The molecule has 11 heavy (non-hydrogen) atoms. The zero-order chi connectivity index (χ0) is 7.73. The molecule has 0 aliphatic carbocycles. The van der Waals surface area contributed by atoms with Gasteiger partial charge in [0.15, 0.2) is 0 Å². The van der Waals surface area contributed by atoms with Crippen LogP contribution in [-0.4, -0.2) is 18.3 Å². The molecule has 0 amide bonds. The van der Waals surface area contributed by atoms with Gasteiger partial charge in [0.1, 0.15) is 5.60 Å². The topological polar surface area (TPSA) is 32.8 Å². The molecule has 1 atom stereocenters. The summed E-state index contributed by atoms with van der Waals surface area (Å²) in [5.41, 5.74) is 0.712. The van der Waals surface area contributed by atoms with Gasteiger partial charge in [-0.3, -0.25) is 0 Å². The minimum absolute atomic E-state index is 0.0804. The highest BCUT2D eigenvalue weighted by Gasteiger charge is 2.45. The third kappa shape index (κ3) is 1.04. The maximum Gasteiger partial charge on any atom is 0.139 e. The Kier molecular flexibility index (Phi) is 1.44. The van der Waals surface area contributed by atoms with Crippen molar-refractivity contribution >= 4 is 0 Å². The summed E-state index contributed by atoms with van der Waals surface area (Å²) in [6, 6.07) is 9.81. The maximum absolute atomic E-state index is 8.98. The van der Waals surface area contributed by atoms with E-state index in [1.165, 1.54) is 0 Å². The van der Waals surface area contributed by atoms with Crippen LogP contribution in [0.1, 0.15) is 5.56 Å². The molecule has 0 aromatic heterocycles. The average molecular weight is 150 g/mol. The number of benzene rings is 1. The second kappa shape index (κ2) is 2.32. The number of epoxide rings is 1. The molecular formula is C9H10O2. The monoisotopic (exact) mass is 150 g/mol. The Bertz CT molecular complexity index is 239. The van der Waals surface area contributed by atoms with E-state index < -0.39 is 0 Å². The summed E-state index contributed by atoms with van der Waals surface area (Å²) in [6.45, 7) is 0.727. The molecule has 0 radical (unpaired) electrons. The number of ether oxygens (including phenoxy) is 1. The quantitative estimate of drug-likeness (QED) is 0.635. The van der Waals surface area contributed by atoms with Crippen LogP contribution >= 0.6 is 0 Å². The second-order valence-corrected chi connectivity index (χ2v) is 2.81. The Balaban J connectivity index is 2.30. The van der Waals surface area contributed by atoms with E-state index in [0.29, 0.717) is 6.61 Å². The highest BCUT2D eigenvalue weighted by molar-refractivity contribution is 5.26. The molecule has 1 aliphatic heterocycles. The Hall–Kier alpha value is -0.860. The van der Waals surface area contributed by atoms with Crippen LogP contribution in [0.2, 0.25) is 0 Å². The molecule has 1 saturated heterocycles. The Morgan fingerprint density at radius 2 is 2.00 bits per heavy atom. The maximum atomic E-state index is 8.98. The van der Waals surface area contributed by atoms with Gasteiger partial charge in [0.25, 0.3) is 0 Å². The fourth-order valence-electron chi connectivity index (χ4n) is 1.18. The first-order valence-corrected chi connectivity index (χ1v) is 3.68. The zero-order valence-corrected chi connectivity index (χ0v) is 6.16. The van der Waals surface area contributed by atoms with Crippen LogP contribution < -0.4 is 0 Å². The number of hydrogen-bond donors (Lipinski definition) is 1. The zero-order valence-electron chi connectivity index (χ0n) is 6.16. The third-order valence-electron chi connectivity index (χ3n) is 2.05. The van der Waals surface area contributed by atoms with Gasteiger partial charge < -0.3 is 9.84 Å². The number of hydrogen-bond acceptors (Lipinski definition) is 2. The van der Waals surface area contributed by atoms with Crippen LogP contribution in [0.5, 0.6) is 0 Å². The van der Waals surface area contributed by atoms with Crippen molar-refractivity contribution in [3.8, 4) is 0 Å². The fraction of sp³-hybridized carbons (Fsp3) is 0.333. The lowest BCUT2D eigenvalue weighted by Gasteiger charge is -2.06. The first-order chi connectivity index (χ1) is 5.37. The van der Waals surface area contributed by atoms with Gasteiger partial charge in [0, 0.05) is 0 Å². The summed E-state index contributed by atoms with van der Waals surface area (Å²) in [5, 5.41) is 8.98. The molecular weight excluding hydrogens is 140 g/mol. The highest BCUT2D eigenvalue weighted by Crippen LogP contribution is 2.37. The number of aliphatic hydroxyl groups excluding tert-OH is 1. The molecule has 2 nitrogen and oxygen atoms in total. The SMILES string of the molecule is OC[C@]1(c2ccccc2)CO1. The first kappa shape index (κ1) is 6.83. The van der Waals surface area contributed by atoms with Crippen molar-refractivity contribution in [2.24, 2.45) is 0 Å². The van der Waals surface area contributed by atoms with Crippen LogP contribution in [0.3, 0.4) is 0 Å². The van der Waals surface area contributed by atoms with Crippen molar-refractivity contribution < 1.29 is 9.84 Å². The molecule has 1 aliphatic rings. The van der Waals surface area contributed by atoms with Crippen LogP contribution in [0.15, 0.2) is 30.3 Å². The largest absolute Gasteiger partial charge is 0.393 e. The predicted octanol–water partition coefficient (Wildman–Crippen LogP) is 0.904. The third-order valence-corrected chi connectivity index (χ3v) is 2.05. The molecule has 0 saturated carbocycles. The van der Waals surface area contributed by atoms with Gasteiger partial charge in [0.2, 0.25) is 0 Å². The molecule has 0 unspecified atom stereocenters. The van der Waals surface area contributed by atoms with Gasteiger partial charge in [-0.05, 0) is 5.56 Å². The molecule has 1 heterocycles. The summed E-state index contributed by atoms with van der Waals surface area (Å²) < 4.78 is 5.18.